The molecule has 1 aromatic carbocycles. The van der Waals surface area contributed by atoms with Gasteiger partial charge in [-0.15, -0.1) is 0 Å². The number of carbonyl (C=O) groups is 2. The molecule has 0 aromatic heterocycles. The average molecular weight is 467 g/mol. The van der Waals surface area contributed by atoms with Gasteiger partial charge in [0, 0.05) is 37.0 Å². The molecule has 1 aliphatic heterocycles. The number of aliphatic hydroxyl groups excluding tert-OH is 1. The number of aliphatic hydroxyl groups is 2. The first kappa shape index (κ1) is 23.7. The molecule has 5 rings (SSSR count). The third-order valence-electron chi connectivity index (χ3n) is 10.1. The average Bonchev–Trinajstić information content (AvgIpc) is 3.12. The second kappa shape index (κ2) is 8.30. The molecule has 0 unspecified atom stereocenters. The van der Waals surface area contributed by atoms with E-state index in [-0.39, 0.29) is 47.0 Å². The molecule has 3 fully saturated rings. The number of ether oxygens (including phenoxy) is 1. The zero-order valence-corrected chi connectivity index (χ0v) is 20.6. The van der Waals surface area contributed by atoms with Crippen molar-refractivity contribution in [3.8, 4) is 0 Å². The van der Waals surface area contributed by atoms with E-state index in [0.29, 0.717) is 24.2 Å². The molecular formula is C29H38O5. The molecule has 0 radical (unpaired) electrons. The van der Waals surface area contributed by atoms with Crippen LogP contribution in [0.25, 0.3) is 0 Å². The van der Waals surface area contributed by atoms with E-state index in [1.807, 2.05) is 18.2 Å². The first-order valence-electron chi connectivity index (χ1n) is 13.0. The minimum absolute atomic E-state index is 0.0280. The summed E-state index contributed by atoms with van der Waals surface area (Å²) in [7, 11) is 0. The Morgan fingerprint density at radius 3 is 2.62 bits per heavy atom. The molecular weight excluding hydrogens is 428 g/mol. The van der Waals surface area contributed by atoms with E-state index in [4.69, 9.17) is 4.74 Å². The van der Waals surface area contributed by atoms with Crippen LogP contribution in [0, 0.1) is 40.4 Å². The maximum absolute atomic E-state index is 13.9. The van der Waals surface area contributed by atoms with E-state index < -0.39 is 11.8 Å². The van der Waals surface area contributed by atoms with Crippen LogP contribution in [0.2, 0.25) is 0 Å². The molecule has 0 saturated heterocycles. The first-order valence-corrected chi connectivity index (χ1v) is 13.0. The van der Waals surface area contributed by atoms with Crippen LogP contribution >= 0.6 is 0 Å². The fraction of sp³-hybridized carbons (Fsp3) is 0.655. The zero-order valence-electron chi connectivity index (χ0n) is 20.6. The molecule has 0 spiro atoms. The molecule has 3 saturated carbocycles. The molecule has 1 heterocycles. The molecule has 3 aliphatic carbocycles. The lowest BCUT2D eigenvalue weighted by atomic mass is 9.40. The van der Waals surface area contributed by atoms with Gasteiger partial charge in [0.15, 0.2) is 0 Å². The van der Waals surface area contributed by atoms with Gasteiger partial charge in [0.05, 0.1) is 0 Å². The number of Topliss-reactive ketones (excluding diaryl/α,β-unsaturated/α-hetero) is 1. The number of ketones is 1. The van der Waals surface area contributed by atoms with Crippen molar-refractivity contribution in [2.75, 3.05) is 6.61 Å². The van der Waals surface area contributed by atoms with E-state index in [9.17, 15) is 19.8 Å². The molecule has 0 bridgehead atoms. The molecule has 8 atom stereocenters. The highest BCUT2D eigenvalue weighted by molar-refractivity contribution is 5.87. The lowest BCUT2D eigenvalue weighted by molar-refractivity contribution is -0.230. The minimum atomic E-state index is -1.53. The highest BCUT2D eigenvalue weighted by atomic mass is 16.7. The van der Waals surface area contributed by atoms with E-state index in [1.54, 1.807) is 0 Å². The molecule has 4 aliphatic rings. The third kappa shape index (κ3) is 3.58. The number of hydrogen-bond acceptors (Lipinski definition) is 5. The van der Waals surface area contributed by atoms with E-state index in [0.717, 1.165) is 32.1 Å². The number of benzene rings is 1. The van der Waals surface area contributed by atoms with Crippen LogP contribution in [0.5, 0.6) is 0 Å². The topological polar surface area (TPSA) is 83.8 Å². The summed E-state index contributed by atoms with van der Waals surface area (Å²) in [6, 6.07) is 10.1. The van der Waals surface area contributed by atoms with Crippen molar-refractivity contribution in [1.29, 1.82) is 0 Å². The highest BCUT2D eigenvalue weighted by Gasteiger charge is 2.66. The van der Waals surface area contributed by atoms with Crippen LogP contribution in [-0.4, -0.2) is 34.4 Å². The Morgan fingerprint density at radius 1 is 1.18 bits per heavy atom. The van der Waals surface area contributed by atoms with Gasteiger partial charge in [-0.05, 0) is 65.7 Å². The van der Waals surface area contributed by atoms with Crippen molar-refractivity contribution in [2.24, 2.45) is 40.4 Å². The van der Waals surface area contributed by atoms with Crippen LogP contribution in [0.3, 0.4) is 0 Å². The maximum atomic E-state index is 13.9. The van der Waals surface area contributed by atoms with E-state index in [2.05, 4.69) is 32.9 Å². The molecule has 2 N–H and O–H groups in total. The van der Waals surface area contributed by atoms with Gasteiger partial charge in [0.2, 0.25) is 5.79 Å². The van der Waals surface area contributed by atoms with Crippen molar-refractivity contribution in [3.63, 3.8) is 0 Å². The smallest absolute Gasteiger partial charge is 0.333 e. The Kier molecular flexibility index (Phi) is 5.80. The standard InChI is InChI=1S/C29H38O5/c1-18-20-14-21(24(31)11-10-19-8-5-4-6-9-19)26-27(2,17-30)12-7-13-28(26,3)23(20)16-29(33)22(18)15-25(32)34-29/h4-6,8-9,15,18,20-21,23,26,30,33H,7,10-14,16-17H2,1-3H3/t18-,20+,21-,23-,26+,27-,28-,29+/m0/s1. The summed E-state index contributed by atoms with van der Waals surface area (Å²) < 4.78 is 5.44. The van der Waals surface area contributed by atoms with Gasteiger partial charge in [0.25, 0.3) is 0 Å². The van der Waals surface area contributed by atoms with Crippen LogP contribution in [-0.2, 0) is 20.7 Å². The predicted octanol–water partition coefficient (Wildman–Crippen LogP) is 4.46. The predicted molar refractivity (Wildman–Crippen MR) is 128 cm³/mol. The van der Waals surface area contributed by atoms with Gasteiger partial charge in [-0.2, -0.15) is 0 Å². The fourth-order valence-corrected chi connectivity index (χ4v) is 8.62. The van der Waals surface area contributed by atoms with E-state index >= 15 is 0 Å². The maximum Gasteiger partial charge on any atom is 0.333 e. The van der Waals surface area contributed by atoms with Crippen LogP contribution < -0.4 is 0 Å². The number of carbonyl (C=O) groups excluding carboxylic acids is 2. The highest BCUT2D eigenvalue weighted by Crippen LogP contribution is 2.68. The Bertz CT molecular complexity index is 1000. The molecule has 1 aromatic rings. The summed E-state index contributed by atoms with van der Waals surface area (Å²) >= 11 is 0. The van der Waals surface area contributed by atoms with Gasteiger partial charge in [0.1, 0.15) is 5.78 Å². The molecule has 5 heteroatoms. The summed E-state index contributed by atoms with van der Waals surface area (Å²) in [5.41, 5.74) is 1.30. The second-order valence-electron chi connectivity index (χ2n) is 12.0. The van der Waals surface area contributed by atoms with Crippen molar-refractivity contribution in [1.82, 2.24) is 0 Å². The van der Waals surface area contributed by atoms with E-state index in [1.165, 1.54) is 11.6 Å². The Hall–Kier alpha value is -1.98. The Morgan fingerprint density at radius 2 is 1.91 bits per heavy atom. The number of esters is 1. The largest absolute Gasteiger partial charge is 0.426 e. The summed E-state index contributed by atoms with van der Waals surface area (Å²) in [5.74, 6) is -1.48. The fourth-order valence-electron chi connectivity index (χ4n) is 8.62. The van der Waals surface area contributed by atoms with Crippen molar-refractivity contribution < 1.29 is 24.5 Å². The number of hydrogen-bond donors (Lipinski definition) is 2. The number of fused-ring (bicyclic) bond motifs is 4. The van der Waals surface area contributed by atoms with Crippen molar-refractivity contribution in [3.05, 3.63) is 47.5 Å². The van der Waals surface area contributed by atoms with Gasteiger partial charge in [-0.3, -0.25) is 4.79 Å². The van der Waals surface area contributed by atoms with Gasteiger partial charge in [-0.25, -0.2) is 4.79 Å². The monoisotopic (exact) mass is 466 g/mol. The number of aryl methyl sites for hydroxylation is 1. The summed E-state index contributed by atoms with van der Waals surface area (Å²) in [6.45, 7) is 6.57. The summed E-state index contributed by atoms with van der Waals surface area (Å²) in [6.07, 6.45) is 6.70. The quantitative estimate of drug-likeness (QED) is 0.626. The molecule has 34 heavy (non-hydrogen) atoms. The lowest BCUT2D eigenvalue weighted by Gasteiger charge is -2.65. The van der Waals surface area contributed by atoms with Crippen molar-refractivity contribution in [2.45, 2.75) is 71.5 Å². The summed E-state index contributed by atoms with van der Waals surface area (Å²) in [5, 5.41) is 21.9. The number of rotatable bonds is 5. The molecule has 0 amide bonds. The van der Waals surface area contributed by atoms with Crippen LogP contribution in [0.15, 0.2) is 42.0 Å². The third-order valence-corrected chi connectivity index (χ3v) is 10.1. The van der Waals surface area contributed by atoms with Crippen molar-refractivity contribution >= 4 is 11.8 Å². The van der Waals surface area contributed by atoms with Crippen LogP contribution in [0.4, 0.5) is 0 Å². The Balaban J connectivity index is 1.51. The summed E-state index contributed by atoms with van der Waals surface area (Å²) in [4.78, 5) is 26.0. The SMILES string of the molecule is C[C@@H]1C2=CC(=O)O[C@]2(O)C[C@H]2[C@@H]1C[C@@H](C(=O)CCc1ccccc1)[C@@H]1[C@](C)(CO)CCC[C@]12C. The normalized spacial score (nSPS) is 43.3. The lowest BCUT2D eigenvalue weighted by Crippen LogP contribution is -2.62. The van der Waals surface area contributed by atoms with Gasteiger partial charge >= 0.3 is 5.97 Å². The van der Waals surface area contributed by atoms with Gasteiger partial charge < -0.3 is 14.9 Å². The molecule has 5 nitrogen and oxygen atoms in total. The second-order valence-corrected chi connectivity index (χ2v) is 12.0. The zero-order chi connectivity index (χ0) is 24.3. The van der Waals surface area contributed by atoms with Crippen LogP contribution in [0.1, 0.15) is 64.9 Å². The minimum Gasteiger partial charge on any atom is -0.426 e. The van der Waals surface area contributed by atoms with Gasteiger partial charge in [-0.1, -0.05) is 57.5 Å². The molecule has 184 valence electrons. The Labute approximate surface area is 202 Å². The first-order chi connectivity index (χ1) is 16.1.